The van der Waals surface area contributed by atoms with E-state index in [-0.39, 0.29) is 0 Å². The summed E-state index contributed by atoms with van der Waals surface area (Å²) in [5, 5.41) is 8.98. The van der Waals surface area contributed by atoms with Gasteiger partial charge in [-0.05, 0) is 53.4 Å². The third-order valence-electron chi connectivity index (χ3n) is 3.29. The Kier molecular flexibility index (Phi) is 3.72. The van der Waals surface area contributed by atoms with Gasteiger partial charge < -0.3 is 10.0 Å². The minimum atomic E-state index is -0.786. The molecule has 1 aromatic carbocycles. The van der Waals surface area contributed by atoms with Crippen LogP contribution >= 0.6 is 15.9 Å². The molecule has 0 amide bonds. The van der Waals surface area contributed by atoms with Crippen LogP contribution in [-0.4, -0.2) is 24.2 Å². The van der Waals surface area contributed by atoms with Crippen LogP contribution in [0.25, 0.3) is 0 Å². The molecule has 1 aromatic rings. The molecule has 1 saturated heterocycles. The number of nitrogens with zero attached hydrogens (tertiary/aromatic N) is 1. The van der Waals surface area contributed by atoms with Crippen LogP contribution in [0.2, 0.25) is 0 Å². The van der Waals surface area contributed by atoms with Crippen molar-refractivity contribution in [2.24, 2.45) is 0 Å². The Labute approximate surface area is 110 Å². The third kappa shape index (κ3) is 2.63. The highest BCUT2D eigenvalue weighted by molar-refractivity contribution is 9.10. The summed E-state index contributed by atoms with van der Waals surface area (Å²) < 4.78 is 0.991. The van der Waals surface area contributed by atoms with Gasteiger partial charge in [0, 0.05) is 17.6 Å². The van der Waals surface area contributed by atoms with Crippen LogP contribution in [0.1, 0.15) is 31.2 Å². The van der Waals surface area contributed by atoms with Gasteiger partial charge in [-0.3, -0.25) is 4.79 Å². The molecule has 0 spiro atoms. The normalized spacial score (nSPS) is 17.2. The molecule has 1 aliphatic heterocycles. The first-order chi connectivity index (χ1) is 8.09. The second-order valence-corrected chi connectivity index (χ2v) is 5.32. The van der Waals surface area contributed by atoms with Crippen molar-refractivity contribution in [3.05, 3.63) is 28.2 Å². The van der Waals surface area contributed by atoms with Gasteiger partial charge in [0.2, 0.25) is 0 Å². The van der Waals surface area contributed by atoms with Crippen LogP contribution in [-0.2, 0) is 4.79 Å². The number of carboxylic acids is 1. The Morgan fingerprint density at radius 1 is 1.41 bits per heavy atom. The summed E-state index contributed by atoms with van der Waals surface area (Å²) in [6, 6.07) is 5.85. The van der Waals surface area contributed by atoms with Crippen LogP contribution < -0.4 is 4.90 Å². The maximum absolute atomic E-state index is 10.9. The maximum Gasteiger partial charge on any atom is 0.310 e. The standard InChI is InChI=1S/C13H16BrNO2/c1-9(13(16)17)10-4-5-12(11(14)8-10)15-6-2-3-7-15/h4-5,8-9H,2-3,6-7H2,1H3,(H,16,17). The van der Waals surface area contributed by atoms with Crippen LogP contribution in [0.4, 0.5) is 5.69 Å². The lowest BCUT2D eigenvalue weighted by Gasteiger charge is -2.20. The SMILES string of the molecule is CC(C(=O)O)c1ccc(N2CCCC2)c(Br)c1. The van der Waals surface area contributed by atoms with Gasteiger partial charge in [-0.1, -0.05) is 6.07 Å². The average Bonchev–Trinajstić information content (AvgIpc) is 2.81. The molecule has 0 radical (unpaired) electrons. The fourth-order valence-corrected chi connectivity index (χ4v) is 2.80. The van der Waals surface area contributed by atoms with Gasteiger partial charge in [0.15, 0.2) is 0 Å². The van der Waals surface area contributed by atoms with Crippen molar-refractivity contribution in [2.45, 2.75) is 25.7 Å². The number of halogens is 1. The molecule has 2 rings (SSSR count). The predicted molar refractivity (Wildman–Crippen MR) is 71.6 cm³/mol. The Bertz CT molecular complexity index is 427. The van der Waals surface area contributed by atoms with Crippen molar-refractivity contribution in [2.75, 3.05) is 18.0 Å². The zero-order valence-corrected chi connectivity index (χ0v) is 11.4. The van der Waals surface area contributed by atoms with Gasteiger partial charge in [-0.25, -0.2) is 0 Å². The Balaban J connectivity index is 2.25. The van der Waals surface area contributed by atoms with Crippen molar-refractivity contribution in [3.63, 3.8) is 0 Å². The van der Waals surface area contributed by atoms with Crippen molar-refractivity contribution in [3.8, 4) is 0 Å². The largest absolute Gasteiger partial charge is 0.481 e. The molecule has 92 valence electrons. The quantitative estimate of drug-likeness (QED) is 0.931. The van der Waals surface area contributed by atoms with E-state index in [9.17, 15) is 4.79 Å². The van der Waals surface area contributed by atoms with E-state index in [1.165, 1.54) is 18.5 Å². The number of aliphatic carboxylic acids is 1. The van der Waals surface area contributed by atoms with Gasteiger partial charge in [0.05, 0.1) is 11.6 Å². The number of carbonyl (C=O) groups is 1. The molecule has 4 heteroatoms. The van der Waals surface area contributed by atoms with E-state index in [0.717, 1.165) is 23.1 Å². The molecule has 1 fully saturated rings. The summed E-state index contributed by atoms with van der Waals surface area (Å²) in [7, 11) is 0. The predicted octanol–water partition coefficient (Wildman–Crippen LogP) is 3.24. The van der Waals surface area contributed by atoms with Crippen LogP contribution in [0.5, 0.6) is 0 Å². The van der Waals surface area contributed by atoms with Crippen LogP contribution in [0.15, 0.2) is 22.7 Å². The summed E-state index contributed by atoms with van der Waals surface area (Å²) in [5.74, 6) is -1.25. The lowest BCUT2D eigenvalue weighted by molar-refractivity contribution is -0.138. The first-order valence-electron chi connectivity index (χ1n) is 5.87. The summed E-state index contributed by atoms with van der Waals surface area (Å²) in [6.07, 6.45) is 2.47. The number of carboxylic acid groups (broad SMARTS) is 1. The minimum absolute atomic E-state index is 0.459. The Hall–Kier alpha value is -1.03. The lowest BCUT2D eigenvalue weighted by Crippen LogP contribution is -2.18. The molecule has 0 bridgehead atoms. The highest BCUT2D eigenvalue weighted by Crippen LogP contribution is 2.31. The summed E-state index contributed by atoms with van der Waals surface area (Å²) in [5.41, 5.74) is 2.01. The van der Waals surface area contributed by atoms with E-state index in [0.29, 0.717) is 0 Å². The second-order valence-electron chi connectivity index (χ2n) is 4.46. The number of hydrogen-bond acceptors (Lipinski definition) is 2. The molecule has 1 aliphatic rings. The van der Waals surface area contributed by atoms with Gasteiger partial charge in [0.25, 0.3) is 0 Å². The Morgan fingerprint density at radius 2 is 2.06 bits per heavy atom. The fourth-order valence-electron chi connectivity index (χ4n) is 2.15. The molecule has 0 aliphatic carbocycles. The molecule has 17 heavy (non-hydrogen) atoms. The average molecular weight is 298 g/mol. The number of hydrogen-bond donors (Lipinski definition) is 1. The second kappa shape index (κ2) is 5.08. The van der Waals surface area contributed by atoms with Gasteiger partial charge in [-0.2, -0.15) is 0 Å². The lowest BCUT2D eigenvalue weighted by atomic mass is 10.0. The summed E-state index contributed by atoms with van der Waals surface area (Å²) in [4.78, 5) is 13.3. The highest BCUT2D eigenvalue weighted by Gasteiger charge is 2.18. The molecule has 3 nitrogen and oxygen atoms in total. The van der Waals surface area contributed by atoms with Gasteiger partial charge >= 0.3 is 5.97 Å². The fraction of sp³-hybridized carbons (Fsp3) is 0.462. The van der Waals surface area contributed by atoms with Gasteiger partial charge in [0.1, 0.15) is 0 Å². The van der Waals surface area contributed by atoms with E-state index in [4.69, 9.17) is 5.11 Å². The summed E-state index contributed by atoms with van der Waals surface area (Å²) in [6.45, 7) is 3.89. The highest BCUT2D eigenvalue weighted by atomic mass is 79.9. The number of anilines is 1. The molecule has 0 aromatic heterocycles. The van der Waals surface area contributed by atoms with Crippen molar-refractivity contribution in [1.29, 1.82) is 0 Å². The first kappa shape index (κ1) is 12.4. The molecular weight excluding hydrogens is 282 g/mol. The van der Waals surface area contributed by atoms with Gasteiger partial charge in [-0.15, -0.1) is 0 Å². The first-order valence-corrected chi connectivity index (χ1v) is 6.66. The smallest absolute Gasteiger partial charge is 0.310 e. The van der Waals surface area contributed by atoms with E-state index in [1.54, 1.807) is 6.92 Å². The molecular formula is C13H16BrNO2. The number of rotatable bonds is 3. The zero-order chi connectivity index (χ0) is 12.4. The van der Waals surface area contributed by atoms with Crippen LogP contribution in [0.3, 0.4) is 0 Å². The molecule has 1 unspecified atom stereocenters. The molecule has 1 atom stereocenters. The zero-order valence-electron chi connectivity index (χ0n) is 9.82. The molecule has 0 saturated carbocycles. The van der Waals surface area contributed by atoms with E-state index < -0.39 is 11.9 Å². The topological polar surface area (TPSA) is 40.5 Å². The van der Waals surface area contributed by atoms with E-state index in [1.807, 2.05) is 18.2 Å². The molecule has 1 N–H and O–H groups in total. The summed E-state index contributed by atoms with van der Waals surface area (Å²) >= 11 is 3.54. The van der Waals surface area contributed by atoms with E-state index in [2.05, 4.69) is 20.8 Å². The van der Waals surface area contributed by atoms with Crippen molar-refractivity contribution < 1.29 is 9.90 Å². The number of benzene rings is 1. The Morgan fingerprint density at radius 3 is 2.59 bits per heavy atom. The minimum Gasteiger partial charge on any atom is -0.481 e. The van der Waals surface area contributed by atoms with Crippen molar-refractivity contribution >= 4 is 27.6 Å². The third-order valence-corrected chi connectivity index (χ3v) is 3.92. The molecule has 1 heterocycles. The van der Waals surface area contributed by atoms with Crippen molar-refractivity contribution in [1.82, 2.24) is 0 Å². The maximum atomic E-state index is 10.9. The van der Waals surface area contributed by atoms with E-state index >= 15 is 0 Å². The van der Waals surface area contributed by atoms with Crippen LogP contribution in [0, 0.1) is 0 Å². The monoisotopic (exact) mass is 297 g/mol.